The van der Waals surface area contributed by atoms with Crippen LogP contribution in [0.2, 0.25) is 0 Å². The lowest BCUT2D eigenvalue weighted by Gasteiger charge is -2.50. The molecule has 18 heavy (non-hydrogen) atoms. The summed E-state index contributed by atoms with van der Waals surface area (Å²) in [4.78, 5) is 12.0. The number of nitrogens with one attached hydrogen (secondary N) is 1. The van der Waals surface area contributed by atoms with E-state index in [-0.39, 0.29) is 40.5 Å². The summed E-state index contributed by atoms with van der Waals surface area (Å²) in [6, 6.07) is 3.99. The molecule has 5 nitrogen and oxygen atoms in total. The van der Waals surface area contributed by atoms with E-state index in [1.165, 1.54) is 12.1 Å². The fourth-order valence-electron chi connectivity index (χ4n) is 2.15. The van der Waals surface area contributed by atoms with Crippen LogP contribution in [0, 0.1) is 5.41 Å². The Bertz CT molecular complexity index is 485. The zero-order valence-corrected chi connectivity index (χ0v) is 10.5. The summed E-state index contributed by atoms with van der Waals surface area (Å²) in [5, 5.41) is 21.6. The summed E-state index contributed by atoms with van der Waals surface area (Å²) >= 11 is 0. The lowest BCUT2D eigenvalue weighted by Crippen LogP contribution is -2.64. The van der Waals surface area contributed by atoms with Gasteiger partial charge in [-0.1, -0.05) is 13.8 Å². The van der Waals surface area contributed by atoms with Crippen LogP contribution in [0.4, 0.5) is 0 Å². The quantitative estimate of drug-likeness (QED) is 0.628. The molecule has 0 aliphatic heterocycles. The third kappa shape index (κ3) is 2.01. The van der Waals surface area contributed by atoms with Crippen LogP contribution in [-0.2, 0) is 0 Å². The van der Waals surface area contributed by atoms with Crippen molar-refractivity contribution in [3.63, 3.8) is 0 Å². The summed E-state index contributed by atoms with van der Waals surface area (Å²) in [5.74, 6) is -0.651. The molecule has 0 radical (unpaired) electrons. The van der Waals surface area contributed by atoms with Gasteiger partial charge in [0.05, 0.1) is 5.56 Å². The number of rotatable bonds is 2. The van der Waals surface area contributed by atoms with Gasteiger partial charge in [0.1, 0.15) is 11.5 Å². The van der Waals surface area contributed by atoms with Crippen LogP contribution in [0.5, 0.6) is 11.5 Å². The predicted molar refractivity (Wildman–Crippen MR) is 67.4 cm³/mol. The maximum Gasteiger partial charge on any atom is 0.255 e. The zero-order chi connectivity index (χ0) is 13.5. The van der Waals surface area contributed by atoms with Crippen LogP contribution in [0.3, 0.4) is 0 Å². The minimum atomic E-state index is -0.350. The van der Waals surface area contributed by atoms with E-state index in [1.54, 1.807) is 0 Å². The normalized spacial score (nSPS) is 25.3. The highest BCUT2D eigenvalue weighted by Gasteiger charge is 2.46. The molecule has 2 atom stereocenters. The first kappa shape index (κ1) is 12.7. The Morgan fingerprint density at radius 2 is 2.11 bits per heavy atom. The molecule has 0 bridgehead atoms. The van der Waals surface area contributed by atoms with Gasteiger partial charge in [-0.25, -0.2) is 0 Å². The molecule has 0 saturated heterocycles. The largest absolute Gasteiger partial charge is 0.508 e. The van der Waals surface area contributed by atoms with Gasteiger partial charge in [-0.3, -0.25) is 4.79 Å². The minimum Gasteiger partial charge on any atom is -0.508 e. The Morgan fingerprint density at radius 1 is 1.44 bits per heavy atom. The van der Waals surface area contributed by atoms with Crippen molar-refractivity contribution in [1.29, 1.82) is 0 Å². The number of hydrogen-bond acceptors (Lipinski definition) is 4. The van der Waals surface area contributed by atoms with Crippen LogP contribution >= 0.6 is 0 Å². The molecular formula is C13H18N2O3. The van der Waals surface area contributed by atoms with Crippen molar-refractivity contribution < 1.29 is 15.0 Å². The van der Waals surface area contributed by atoms with Crippen LogP contribution in [-0.4, -0.2) is 28.2 Å². The molecule has 5 N–H and O–H groups in total. The average Bonchev–Trinajstić information content (AvgIpc) is 2.28. The Hall–Kier alpha value is -1.75. The first-order valence-corrected chi connectivity index (χ1v) is 5.91. The highest BCUT2D eigenvalue weighted by molar-refractivity contribution is 5.97. The van der Waals surface area contributed by atoms with Gasteiger partial charge in [0.2, 0.25) is 0 Å². The molecule has 1 saturated carbocycles. The van der Waals surface area contributed by atoms with E-state index in [0.717, 1.165) is 12.5 Å². The molecule has 0 spiro atoms. The molecule has 5 heteroatoms. The molecule has 0 aromatic heterocycles. The molecular weight excluding hydrogens is 232 g/mol. The number of carbonyl (C=O) groups is 1. The molecule has 98 valence electrons. The minimum absolute atomic E-state index is 0.00760. The number of phenols is 2. The summed E-state index contributed by atoms with van der Waals surface area (Å²) in [6.07, 6.45) is 0.734. The average molecular weight is 250 g/mol. The van der Waals surface area contributed by atoms with E-state index >= 15 is 0 Å². The number of benzene rings is 1. The van der Waals surface area contributed by atoms with Gasteiger partial charge in [0, 0.05) is 23.6 Å². The number of carbonyl (C=O) groups excluding carboxylic acids is 1. The number of hydrogen-bond donors (Lipinski definition) is 4. The van der Waals surface area contributed by atoms with Crippen molar-refractivity contribution in [3.05, 3.63) is 23.8 Å². The van der Waals surface area contributed by atoms with Gasteiger partial charge in [-0.2, -0.15) is 0 Å². The SMILES string of the molecule is CC1(C)C(N)CC1NC(=O)c1ccc(O)cc1O. The van der Waals surface area contributed by atoms with Gasteiger partial charge in [0.15, 0.2) is 0 Å². The van der Waals surface area contributed by atoms with E-state index in [2.05, 4.69) is 5.32 Å². The number of aromatic hydroxyl groups is 2. The summed E-state index contributed by atoms with van der Waals surface area (Å²) in [5.41, 5.74) is 5.90. The fraction of sp³-hybridized carbons (Fsp3) is 0.462. The van der Waals surface area contributed by atoms with E-state index in [9.17, 15) is 9.90 Å². The van der Waals surface area contributed by atoms with Crippen molar-refractivity contribution in [3.8, 4) is 11.5 Å². The van der Waals surface area contributed by atoms with Crippen molar-refractivity contribution in [2.75, 3.05) is 0 Å². The predicted octanol–water partition coefficient (Wildman–Crippen LogP) is 0.953. The van der Waals surface area contributed by atoms with E-state index in [1.807, 2.05) is 13.8 Å². The Labute approximate surface area is 106 Å². The number of nitrogens with two attached hydrogens (primary N) is 1. The van der Waals surface area contributed by atoms with Crippen LogP contribution < -0.4 is 11.1 Å². The third-order valence-electron chi connectivity index (χ3n) is 3.87. The number of amides is 1. The smallest absolute Gasteiger partial charge is 0.255 e. The summed E-state index contributed by atoms with van der Waals surface area (Å²) < 4.78 is 0. The van der Waals surface area contributed by atoms with E-state index < -0.39 is 0 Å². The molecule has 1 aliphatic rings. The second kappa shape index (κ2) is 4.17. The monoisotopic (exact) mass is 250 g/mol. The van der Waals surface area contributed by atoms with Gasteiger partial charge >= 0.3 is 0 Å². The molecule has 0 heterocycles. The molecule has 1 aromatic rings. The fourth-order valence-corrected chi connectivity index (χ4v) is 2.15. The second-order valence-electron chi connectivity index (χ2n) is 5.39. The van der Waals surface area contributed by atoms with Gasteiger partial charge in [-0.15, -0.1) is 0 Å². The van der Waals surface area contributed by atoms with Crippen molar-refractivity contribution >= 4 is 5.91 Å². The van der Waals surface area contributed by atoms with Crippen molar-refractivity contribution in [1.82, 2.24) is 5.32 Å². The molecule has 2 rings (SSSR count). The Kier molecular flexibility index (Phi) is 2.94. The lowest BCUT2D eigenvalue weighted by atomic mass is 9.63. The second-order valence-corrected chi connectivity index (χ2v) is 5.39. The highest BCUT2D eigenvalue weighted by Crippen LogP contribution is 2.39. The molecule has 1 fully saturated rings. The summed E-state index contributed by atoms with van der Waals surface area (Å²) in [6.45, 7) is 4.01. The standard InChI is InChI=1S/C13H18N2O3/c1-13(2)10(14)6-11(13)15-12(18)8-4-3-7(16)5-9(8)17/h3-5,10-11,16-17H,6,14H2,1-2H3,(H,15,18). The van der Waals surface area contributed by atoms with Gasteiger partial charge in [0.25, 0.3) is 5.91 Å². The van der Waals surface area contributed by atoms with E-state index in [0.29, 0.717) is 0 Å². The first-order chi connectivity index (χ1) is 8.32. The maximum atomic E-state index is 12.0. The topological polar surface area (TPSA) is 95.6 Å². The highest BCUT2D eigenvalue weighted by atomic mass is 16.3. The maximum absolute atomic E-state index is 12.0. The van der Waals surface area contributed by atoms with Gasteiger partial charge < -0.3 is 21.3 Å². The lowest BCUT2D eigenvalue weighted by molar-refractivity contribution is 0.0585. The number of phenolic OH excluding ortho intramolecular Hbond substituents is 2. The Balaban J connectivity index is 2.09. The first-order valence-electron chi connectivity index (χ1n) is 5.91. The van der Waals surface area contributed by atoms with Crippen LogP contribution in [0.1, 0.15) is 30.6 Å². The Morgan fingerprint density at radius 3 is 2.61 bits per heavy atom. The van der Waals surface area contributed by atoms with Crippen molar-refractivity contribution in [2.24, 2.45) is 11.1 Å². The summed E-state index contributed by atoms with van der Waals surface area (Å²) in [7, 11) is 0. The van der Waals surface area contributed by atoms with Crippen molar-refractivity contribution in [2.45, 2.75) is 32.4 Å². The van der Waals surface area contributed by atoms with Crippen LogP contribution in [0.25, 0.3) is 0 Å². The molecule has 2 unspecified atom stereocenters. The van der Waals surface area contributed by atoms with Gasteiger partial charge in [-0.05, 0) is 18.6 Å². The third-order valence-corrected chi connectivity index (χ3v) is 3.87. The molecule has 1 amide bonds. The van der Waals surface area contributed by atoms with E-state index in [4.69, 9.17) is 10.8 Å². The zero-order valence-electron chi connectivity index (χ0n) is 10.5. The molecule has 1 aliphatic carbocycles. The van der Waals surface area contributed by atoms with Crippen LogP contribution in [0.15, 0.2) is 18.2 Å². The molecule has 1 aromatic carbocycles.